The van der Waals surface area contributed by atoms with Gasteiger partial charge in [0, 0.05) is 36.4 Å². The summed E-state index contributed by atoms with van der Waals surface area (Å²) in [5, 5.41) is 1.25. The summed E-state index contributed by atoms with van der Waals surface area (Å²) in [6.45, 7) is 4.41. The first-order valence-corrected chi connectivity index (χ1v) is 6.93. The summed E-state index contributed by atoms with van der Waals surface area (Å²) < 4.78 is 0. The van der Waals surface area contributed by atoms with Crippen LogP contribution in [0.1, 0.15) is 12.1 Å². The van der Waals surface area contributed by atoms with Crippen LogP contribution in [0.3, 0.4) is 0 Å². The summed E-state index contributed by atoms with van der Waals surface area (Å²) in [5.41, 5.74) is 3.49. The fourth-order valence-corrected chi connectivity index (χ4v) is 3.00. The molecule has 1 atom stereocenters. The third-order valence-corrected chi connectivity index (χ3v) is 4.12. The van der Waals surface area contributed by atoms with Crippen molar-refractivity contribution in [3.05, 3.63) is 36.0 Å². The minimum atomic E-state index is 0.607. The molecule has 1 unspecified atom stereocenters. The molecule has 19 heavy (non-hydrogen) atoms. The highest BCUT2D eigenvalue weighted by molar-refractivity contribution is 5.92. The lowest BCUT2D eigenvalue weighted by Gasteiger charge is -2.28. The van der Waals surface area contributed by atoms with E-state index < -0.39 is 0 Å². The Bertz CT molecular complexity index is 594. The van der Waals surface area contributed by atoms with E-state index in [-0.39, 0.29) is 0 Å². The fourth-order valence-electron chi connectivity index (χ4n) is 3.00. The first-order valence-electron chi connectivity index (χ1n) is 6.93. The lowest BCUT2D eigenvalue weighted by atomic mass is 10.1. The number of para-hydroxylation sites is 1. The molecule has 1 aromatic heterocycles. The van der Waals surface area contributed by atoms with Crippen LogP contribution in [0, 0.1) is 6.92 Å². The highest BCUT2D eigenvalue weighted by atomic mass is 15.2. The van der Waals surface area contributed by atoms with E-state index in [0.717, 1.165) is 17.8 Å². The Labute approximate surface area is 114 Å². The van der Waals surface area contributed by atoms with Crippen molar-refractivity contribution >= 4 is 16.6 Å². The highest BCUT2D eigenvalue weighted by Gasteiger charge is 2.24. The number of rotatable bonds is 2. The number of hydrogen-bond donors (Lipinski definition) is 0. The molecule has 0 spiro atoms. The van der Waals surface area contributed by atoms with Crippen molar-refractivity contribution in [3.8, 4) is 0 Å². The molecule has 100 valence electrons. The van der Waals surface area contributed by atoms with E-state index in [0.29, 0.717) is 6.04 Å². The average Bonchev–Trinajstić information content (AvgIpc) is 2.83. The number of benzene rings is 1. The van der Waals surface area contributed by atoms with Gasteiger partial charge < -0.3 is 9.80 Å². The predicted octanol–water partition coefficient (Wildman–Crippen LogP) is 2.68. The second-order valence-corrected chi connectivity index (χ2v) is 5.62. The molecule has 0 radical (unpaired) electrons. The zero-order valence-corrected chi connectivity index (χ0v) is 11.9. The summed E-state index contributed by atoms with van der Waals surface area (Å²) in [5.74, 6) is 0. The largest absolute Gasteiger partial charge is 0.370 e. The molecule has 1 aliphatic rings. The second-order valence-electron chi connectivity index (χ2n) is 5.62. The molecule has 0 bridgehead atoms. The Balaban J connectivity index is 2.04. The summed E-state index contributed by atoms with van der Waals surface area (Å²) in [4.78, 5) is 9.45. The number of aromatic nitrogens is 1. The second kappa shape index (κ2) is 4.82. The van der Waals surface area contributed by atoms with Crippen molar-refractivity contribution < 1.29 is 0 Å². The number of nitrogens with zero attached hydrogens (tertiary/aromatic N) is 3. The number of aryl methyl sites for hydroxylation is 1. The monoisotopic (exact) mass is 255 g/mol. The Morgan fingerprint density at radius 2 is 2.11 bits per heavy atom. The molecule has 3 rings (SSSR count). The van der Waals surface area contributed by atoms with E-state index in [1.165, 1.54) is 24.0 Å². The maximum atomic E-state index is 4.62. The summed E-state index contributed by atoms with van der Waals surface area (Å²) in [6.07, 6.45) is 1.24. The van der Waals surface area contributed by atoms with E-state index in [1.54, 1.807) is 0 Å². The van der Waals surface area contributed by atoms with Crippen LogP contribution in [0.5, 0.6) is 0 Å². The lowest BCUT2D eigenvalue weighted by Crippen LogP contribution is -2.33. The molecule has 1 saturated heterocycles. The first kappa shape index (κ1) is 12.4. The molecule has 2 heterocycles. The SMILES string of the molecule is Cc1cc(N(C)C2CCN(C)C2)c2ccccc2n1. The van der Waals surface area contributed by atoms with Gasteiger partial charge in [0.25, 0.3) is 0 Å². The van der Waals surface area contributed by atoms with Crippen molar-refractivity contribution in [2.75, 3.05) is 32.1 Å². The van der Waals surface area contributed by atoms with Crippen LogP contribution >= 0.6 is 0 Å². The van der Waals surface area contributed by atoms with Gasteiger partial charge in [-0.25, -0.2) is 0 Å². The van der Waals surface area contributed by atoms with Crippen molar-refractivity contribution in [2.45, 2.75) is 19.4 Å². The van der Waals surface area contributed by atoms with Gasteiger partial charge in [-0.05, 0) is 39.1 Å². The lowest BCUT2D eigenvalue weighted by molar-refractivity contribution is 0.409. The van der Waals surface area contributed by atoms with Crippen LogP contribution < -0.4 is 4.90 Å². The predicted molar refractivity (Wildman–Crippen MR) is 80.8 cm³/mol. The molecule has 2 aromatic rings. The van der Waals surface area contributed by atoms with Gasteiger partial charge in [0.2, 0.25) is 0 Å². The van der Waals surface area contributed by atoms with Crippen LogP contribution in [0.15, 0.2) is 30.3 Å². The molecule has 3 heteroatoms. The van der Waals surface area contributed by atoms with Gasteiger partial charge in [0.05, 0.1) is 5.52 Å². The van der Waals surface area contributed by atoms with E-state index >= 15 is 0 Å². The number of fused-ring (bicyclic) bond motifs is 1. The number of likely N-dealkylation sites (tertiary alicyclic amines) is 1. The Hall–Kier alpha value is -1.61. The quantitative estimate of drug-likeness (QED) is 0.822. The molecular formula is C16H21N3. The van der Waals surface area contributed by atoms with Crippen LogP contribution in [-0.4, -0.2) is 43.1 Å². The summed E-state index contributed by atoms with van der Waals surface area (Å²) in [7, 11) is 4.41. The molecule has 0 amide bonds. The van der Waals surface area contributed by atoms with Gasteiger partial charge >= 0.3 is 0 Å². The number of hydrogen-bond acceptors (Lipinski definition) is 3. The molecule has 3 nitrogen and oxygen atoms in total. The first-order chi connectivity index (χ1) is 9.15. The van der Waals surface area contributed by atoms with Gasteiger partial charge in [0.15, 0.2) is 0 Å². The normalized spacial score (nSPS) is 20.1. The van der Waals surface area contributed by atoms with Crippen molar-refractivity contribution in [2.24, 2.45) is 0 Å². The third-order valence-electron chi connectivity index (χ3n) is 4.12. The van der Waals surface area contributed by atoms with Crippen molar-refractivity contribution in [3.63, 3.8) is 0 Å². The summed E-state index contributed by atoms with van der Waals surface area (Å²) >= 11 is 0. The number of pyridine rings is 1. The molecule has 0 aliphatic carbocycles. The van der Waals surface area contributed by atoms with E-state index in [2.05, 4.69) is 66.1 Å². The van der Waals surface area contributed by atoms with Gasteiger partial charge in [-0.2, -0.15) is 0 Å². The number of anilines is 1. The molecule has 1 aromatic carbocycles. The maximum Gasteiger partial charge on any atom is 0.0726 e. The fraction of sp³-hybridized carbons (Fsp3) is 0.438. The van der Waals surface area contributed by atoms with E-state index in [1.807, 2.05) is 0 Å². The Morgan fingerprint density at radius 3 is 2.84 bits per heavy atom. The molecule has 1 fully saturated rings. The molecule has 0 saturated carbocycles. The van der Waals surface area contributed by atoms with Crippen LogP contribution in [-0.2, 0) is 0 Å². The minimum Gasteiger partial charge on any atom is -0.370 e. The highest BCUT2D eigenvalue weighted by Crippen LogP contribution is 2.29. The third kappa shape index (κ3) is 2.30. The molecular weight excluding hydrogens is 234 g/mol. The average molecular weight is 255 g/mol. The van der Waals surface area contributed by atoms with Crippen molar-refractivity contribution in [1.29, 1.82) is 0 Å². The zero-order chi connectivity index (χ0) is 13.4. The standard InChI is InChI=1S/C16H21N3/c1-12-10-16(14-6-4-5-7-15(14)17-12)19(3)13-8-9-18(2)11-13/h4-7,10,13H,8-9,11H2,1-3H3. The van der Waals surface area contributed by atoms with Gasteiger partial charge in [-0.3, -0.25) is 4.98 Å². The zero-order valence-electron chi connectivity index (χ0n) is 11.9. The topological polar surface area (TPSA) is 19.4 Å². The van der Waals surface area contributed by atoms with E-state index in [9.17, 15) is 0 Å². The van der Waals surface area contributed by atoms with Crippen LogP contribution in [0.25, 0.3) is 10.9 Å². The van der Waals surface area contributed by atoms with Crippen LogP contribution in [0.2, 0.25) is 0 Å². The Kier molecular flexibility index (Phi) is 3.15. The minimum absolute atomic E-state index is 0.607. The van der Waals surface area contributed by atoms with E-state index in [4.69, 9.17) is 0 Å². The maximum absolute atomic E-state index is 4.62. The Morgan fingerprint density at radius 1 is 1.32 bits per heavy atom. The van der Waals surface area contributed by atoms with Crippen LogP contribution in [0.4, 0.5) is 5.69 Å². The molecule has 0 N–H and O–H groups in total. The number of likely N-dealkylation sites (N-methyl/N-ethyl adjacent to an activating group) is 2. The van der Waals surface area contributed by atoms with Gasteiger partial charge in [0.1, 0.15) is 0 Å². The van der Waals surface area contributed by atoms with Gasteiger partial charge in [-0.15, -0.1) is 0 Å². The summed E-state index contributed by atoms with van der Waals surface area (Å²) in [6, 6.07) is 11.2. The smallest absolute Gasteiger partial charge is 0.0726 e. The van der Waals surface area contributed by atoms with Gasteiger partial charge in [-0.1, -0.05) is 18.2 Å². The van der Waals surface area contributed by atoms with Crippen molar-refractivity contribution in [1.82, 2.24) is 9.88 Å². The molecule has 1 aliphatic heterocycles.